The lowest BCUT2D eigenvalue weighted by Crippen LogP contribution is -2.27. The fourth-order valence-corrected chi connectivity index (χ4v) is 4.89. The first-order chi connectivity index (χ1) is 19.1. The quantitative estimate of drug-likeness (QED) is 0.243. The molecule has 1 aliphatic heterocycles. The van der Waals surface area contributed by atoms with E-state index in [9.17, 15) is 14.4 Å². The van der Waals surface area contributed by atoms with Gasteiger partial charge in [-0.3, -0.25) is 14.4 Å². The van der Waals surface area contributed by atoms with Gasteiger partial charge in [-0.25, -0.2) is 0 Å². The maximum absolute atomic E-state index is 13.2. The molecule has 3 aromatic rings. The highest BCUT2D eigenvalue weighted by atomic mass is 79.9. The van der Waals surface area contributed by atoms with E-state index in [1.54, 1.807) is 11.9 Å². The molecule has 2 amide bonds. The van der Waals surface area contributed by atoms with Crippen LogP contribution in [0, 0.1) is 0 Å². The summed E-state index contributed by atoms with van der Waals surface area (Å²) >= 11 is 3.47. The van der Waals surface area contributed by atoms with E-state index in [1.165, 1.54) is 0 Å². The van der Waals surface area contributed by atoms with E-state index in [0.29, 0.717) is 24.1 Å². The van der Waals surface area contributed by atoms with Crippen LogP contribution in [-0.4, -0.2) is 55.5 Å². The Morgan fingerprint density at radius 1 is 0.950 bits per heavy atom. The van der Waals surface area contributed by atoms with Crippen LogP contribution in [0.5, 0.6) is 0 Å². The maximum atomic E-state index is 13.2. The zero-order chi connectivity index (χ0) is 28.8. The second kappa shape index (κ2) is 12.9. The van der Waals surface area contributed by atoms with E-state index in [0.717, 1.165) is 51.2 Å². The van der Waals surface area contributed by atoms with Crippen LogP contribution in [0.4, 0.5) is 17.1 Å². The number of rotatable bonds is 11. The Bertz CT molecular complexity index is 1430. The number of carbonyl (C=O) groups excluding carboxylic acids is 2. The highest BCUT2D eigenvalue weighted by molar-refractivity contribution is 9.10. The number of benzene rings is 3. The minimum absolute atomic E-state index is 0.0507. The minimum Gasteiger partial charge on any atom is -0.481 e. The van der Waals surface area contributed by atoms with Crippen molar-refractivity contribution in [2.75, 3.05) is 43.2 Å². The van der Waals surface area contributed by atoms with Gasteiger partial charge in [0.2, 0.25) is 5.91 Å². The lowest BCUT2D eigenvalue weighted by molar-refractivity contribution is -0.137. The van der Waals surface area contributed by atoms with Crippen LogP contribution in [-0.2, 0) is 20.8 Å². The van der Waals surface area contributed by atoms with Gasteiger partial charge in [-0.15, -0.1) is 0 Å². The third-order valence-electron chi connectivity index (χ3n) is 6.74. The van der Waals surface area contributed by atoms with Crippen molar-refractivity contribution >= 4 is 62.0 Å². The molecule has 208 valence electrons. The SMILES string of the molecule is CN(C)CCCC(=O)N(C)c1ccc(N/C(=C2\C(=O)Nc3cc(Br)ccc32)c2ccc(CCC(=O)O)cc2)cc1. The fraction of sp³-hybridized carbons (Fsp3) is 0.258. The highest BCUT2D eigenvalue weighted by Gasteiger charge is 2.28. The van der Waals surface area contributed by atoms with Crippen LogP contribution in [0.2, 0.25) is 0 Å². The second-order valence-corrected chi connectivity index (χ2v) is 10.9. The summed E-state index contributed by atoms with van der Waals surface area (Å²) in [6.07, 6.45) is 1.74. The monoisotopic (exact) mass is 604 g/mol. The molecule has 40 heavy (non-hydrogen) atoms. The molecule has 0 unspecified atom stereocenters. The van der Waals surface area contributed by atoms with Gasteiger partial charge in [0.25, 0.3) is 5.91 Å². The zero-order valence-corrected chi connectivity index (χ0v) is 24.4. The molecule has 0 saturated carbocycles. The standard InChI is InChI=1S/C31H33BrN4O4/c1-35(2)18-4-5-27(37)36(3)24-14-12-23(13-15-24)33-30(21-9-6-20(7-10-21)8-17-28(38)39)29-25-16-11-22(32)19-26(25)34-31(29)40/h6-7,9-16,19,33H,4-5,8,17-18H2,1-3H3,(H,34,40)(H,38,39)/b30-29-. The number of aryl methyl sites for hydroxylation is 1. The predicted octanol–water partition coefficient (Wildman–Crippen LogP) is 5.70. The normalized spacial score (nSPS) is 13.6. The number of carboxylic acid groups (broad SMARTS) is 1. The van der Waals surface area contributed by atoms with Crippen LogP contribution < -0.4 is 15.5 Å². The van der Waals surface area contributed by atoms with Crippen molar-refractivity contribution in [3.63, 3.8) is 0 Å². The van der Waals surface area contributed by atoms with E-state index in [2.05, 4.69) is 31.5 Å². The van der Waals surface area contributed by atoms with E-state index >= 15 is 0 Å². The lowest BCUT2D eigenvalue weighted by atomic mass is 9.98. The summed E-state index contributed by atoms with van der Waals surface area (Å²) in [4.78, 5) is 40.5. The van der Waals surface area contributed by atoms with Gasteiger partial charge >= 0.3 is 5.97 Å². The summed E-state index contributed by atoms with van der Waals surface area (Å²) in [5.41, 5.74) is 5.87. The molecule has 0 radical (unpaired) electrons. The van der Waals surface area contributed by atoms with Crippen molar-refractivity contribution < 1.29 is 19.5 Å². The summed E-state index contributed by atoms with van der Waals surface area (Å²) in [5.74, 6) is -1.01. The van der Waals surface area contributed by atoms with Gasteiger partial charge in [-0.1, -0.05) is 46.3 Å². The smallest absolute Gasteiger partial charge is 0.303 e. The molecule has 1 heterocycles. The highest BCUT2D eigenvalue weighted by Crippen LogP contribution is 2.39. The number of hydrogen-bond acceptors (Lipinski definition) is 5. The molecular formula is C31H33BrN4O4. The van der Waals surface area contributed by atoms with Crippen molar-refractivity contribution in [3.05, 3.63) is 87.9 Å². The Hall–Kier alpha value is -3.95. The van der Waals surface area contributed by atoms with Gasteiger partial charge in [0.1, 0.15) is 0 Å². The molecule has 0 fully saturated rings. The van der Waals surface area contributed by atoms with Crippen molar-refractivity contribution in [2.45, 2.75) is 25.7 Å². The van der Waals surface area contributed by atoms with Crippen LogP contribution in [0.15, 0.2) is 71.2 Å². The first-order valence-electron chi connectivity index (χ1n) is 13.1. The molecule has 0 spiro atoms. The number of carbonyl (C=O) groups is 3. The first kappa shape index (κ1) is 29.0. The van der Waals surface area contributed by atoms with Crippen LogP contribution in [0.25, 0.3) is 11.3 Å². The molecular weight excluding hydrogens is 572 g/mol. The molecule has 1 aliphatic rings. The van der Waals surface area contributed by atoms with E-state index < -0.39 is 5.97 Å². The Morgan fingerprint density at radius 2 is 1.65 bits per heavy atom. The van der Waals surface area contributed by atoms with E-state index in [4.69, 9.17) is 5.11 Å². The summed E-state index contributed by atoms with van der Waals surface area (Å²) < 4.78 is 0.862. The molecule has 0 atom stereocenters. The molecule has 3 aromatic carbocycles. The van der Waals surface area contributed by atoms with Crippen molar-refractivity contribution in [3.8, 4) is 0 Å². The van der Waals surface area contributed by atoms with Gasteiger partial charge in [0.05, 0.1) is 17.0 Å². The molecule has 3 N–H and O–H groups in total. The third-order valence-corrected chi connectivity index (χ3v) is 7.23. The Balaban J connectivity index is 1.63. The molecule has 0 aliphatic carbocycles. The van der Waals surface area contributed by atoms with Crippen molar-refractivity contribution in [1.29, 1.82) is 0 Å². The zero-order valence-electron chi connectivity index (χ0n) is 22.8. The van der Waals surface area contributed by atoms with Gasteiger partial charge in [-0.2, -0.15) is 0 Å². The Morgan fingerprint density at radius 3 is 2.30 bits per heavy atom. The number of halogens is 1. The molecule has 4 rings (SSSR count). The minimum atomic E-state index is -0.844. The Kier molecular flexibility index (Phi) is 9.39. The third kappa shape index (κ3) is 7.16. The van der Waals surface area contributed by atoms with Gasteiger partial charge < -0.3 is 25.5 Å². The molecule has 9 heteroatoms. The van der Waals surface area contributed by atoms with E-state index in [-0.39, 0.29) is 18.2 Å². The summed E-state index contributed by atoms with van der Waals surface area (Å²) in [6.45, 7) is 0.855. The average Bonchev–Trinajstić information content (AvgIpc) is 3.25. The number of anilines is 3. The van der Waals surface area contributed by atoms with Crippen molar-refractivity contribution in [2.24, 2.45) is 0 Å². The molecule has 0 aromatic heterocycles. The Labute approximate surface area is 242 Å². The fourth-order valence-electron chi connectivity index (χ4n) is 4.53. The molecule has 0 saturated heterocycles. The predicted molar refractivity (Wildman–Crippen MR) is 163 cm³/mol. The van der Waals surface area contributed by atoms with Crippen molar-refractivity contribution in [1.82, 2.24) is 4.90 Å². The van der Waals surface area contributed by atoms with E-state index in [1.807, 2.05) is 80.8 Å². The first-order valence-corrected chi connectivity index (χ1v) is 13.9. The topological polar surface area (TPSA) is 102 Å². The number of hydrogen-bond donors (Lipinski definition) is 3. The molecule has 0 bridgehead atoms. The summed E-state index contributed by atoms with van der Waals surface area (Å²) in [5, 5.41) is 15.4. The summed E-state index contributed by atoms with van der Waals surface area (Å²) in [6, 6.07) is 20.7. The summed E-state index contributed by atoms with van der Waals surface area (Å²) in [7, 11) is 5.76. The lowest BCUT2D eigenvalue weighted by Gasteiger charge is -2.19. The van der Waals surface area contributed by atoms with Gasteiger partial charge in [0.15, 0.2) is 0 Å². The number of amides is 2. The van der Waals surface area contributed by atoms with Crippen LogP contribution in [0.1, 0.15) is 36.0 Å². The second-order valence-electron chi connectivity index (χ2n) is 10.0. The average molecular weight is 606 g/mol. The number of aliphatic carboxylic acids is 1. The van der Waals surface area contributed by atoms with Crippen LogP contribution in [0.3, 0.4) is 0 Å². The number of carboxylic acids is 1. The molecule has 8 nitrogen and oxygen atoms in total. The maximum Gasteiger partial charge on any atom is 0.303 e. The van der Waals surface area contributed by atoms with Gasteiger partial charge in [-0.05, 0) is 81.0 Å². The largest absolute Gasteiger partial charge is 0.481 e. The number of nitrogens with zero attached hydrogens (tertiary/aromatic N) is 2. The van der Waals surface area contributed by atoms with Crippen LogP contribution >= 0.6 is 15.9 Å². The number of nitrogens with one attached hydrogen (secondary N) is 2. The van der Waals surface area contributed by atoms with Gasteiger partial charge in [0, 0.05) is 41.3 Å². The number of fused-ring (bicyclic) bond motifs is 1.